The van der Waals surface area contributed by atoms with Crippen molar-refractivity contribution in [2.45, 2.75) is 19.0 Å². The minimum Gasteiger partial charge on any atom is -0.497 e. The summed E-state index contributed by atoms with van der Waals surface area (Å²) in [6.07, 6.45) is 1.53. The molecule has 0 aliphatic carbocycles. The molecule has 0 unspecified atom stereocenters. The van der Waals surface area contributed by atoms with E-state index in [1.807, 2.05) is 12.1 Å². The number of nitro groups is 1. The van der Waals surface area contributed by atoms with Crippen LogP contribution >= 0.6 is 0 Å². The summed E-state index contributed by atoms with van der Waals surface area (Å²) in [6, 6.07) is 16.6. The van der Waals surface area contributed by atoms with Crippen LogP contribution in [-0.4, -0.2) is 35.7 Å². The molecule has 0 fully saturated rings. The fraction of sp³-hybridized carbons (Fsp3) is 0.207. The van der Waals surface area contributed by atoms with Crippen LogP contribution < -0.4 is 30.2 Å². The van der Waals surface area contributed by atoms with E-state index in [4.69, 9.17) is 14.2 Å². The smallest absolute Gasteiger partial charge is 0.329 e. The number of hydrogen-bond acceptors (Lipinski definition) is 11. The highest BCUT2D eigenvalue weighted by Gasteiger charge is 2.27. The molecule has 1 aliphatic heterocycles. The van der Waals surface area contributed by atoms with Crippen molar-refractivity contribution in [3.8, 4) is 23.3 Å². The van der Waals surface area contributed by atoms with Crippen LogP contribution in [-0.2, 0) is 6.54 Å². The molecule has 3 N–H and O–H groups in total. The molecule has 214 valence electrons. The van der Waals surface area contributed by atoms with Crippen LogP contribution in [0.2, 0.25) is 0 Å². The summed E-state index contributed by atoms with van der Waals surface area (Å²) in [4.78, 5) is 19.7. The third-order valence-electron chi connectivity index (χ3n) is 6.66. The number of nitrogens with one attached hydrogen (secondary N) is 3. The lowest BCUT2D eigenvalue weighted by Gasteiger charge is -2.27. The molecule has 5 rings (SSSR count). The summed E-state index contributed by atoms with van der Waals surface area (Å²) >= 11 is 0. The Morgan fingerprint density at radius 1 is 1.17 bits per heavy atom. The molecule has 0 saturated heterocycles. The van der Waals surface area contributed by atoms with Gasteiger partial charge < -0.3 is 30.2 Å². The molecule has 1 atom stereocenters. The molecule has 42 heavy (non-hydrogen) atoms. The van der Waals surface area contributed by atoms with Gasteiger partial charge in [-0.05, 0) is 36.4 Å². The molecule has 3 aromatic carbocycles. The maximum absolute atomic E-state index is 14.3. The average molecular weight is 572 g/mol. The largest absolute Gasteiger partial charge is 0.497 e. The molecule has 13 heteroatoms. The molecule has 12 nitrogen and oxygen atoms in total. The number of anilines is 4. The number of nitrogens with zero attached hydrogens (tertiary/aromatic N) is 4. The summed E-state index contributed by atoms with van der Waals surface area (Å²) in [7, 11) is 3.14. The van der Waals surface area contributed by atoms with E-state index in [-0.39, 0.29) is 29.8 Å². The topological polar surface area (TPSA) is 156 Å². The zero-order valence-electron chi connectivity index (χ0n) is 22.7. The minimum absolute atomic E-state index is 0.0477. The van der Waals surface area contributed by atoms with Crippen molar-refractivity contribution in [2.75, 3.05) is 36.8 Å². The Morgan fingerprint density at radius 2 is 2.02 bits per heavy atom. The molecule has 0 saturated carbocycles. The van der Waals surface area contributed by atoms with E-state index < -0.39 is 16.8 Å². The van der Waals surface area contributed by atoms with E-state index in [9.17, 15) is 19.8 Å². The van der Waals surface area contributed by atoms with E-state index in [0.717, 1.165) is 11.8 Å². The Labute approximate surface area is 240 Å². The lowest BCUT2D eigenvalue weighted by molar-refractivity contribution is -0.384. The molecule has 0 bridgehead atoms. The highest BCUT2D eigenvalue weighted by Crippen LogP contribution is 2.38. The van der Waals surface area contributed by atoms with Crippen molar-refractivity contribution < 1.29 is 23.5 Å². The van der Waals surface area contributed by atoms with Gasteiger partial charge in [0, 0.05) is 30.2 Å². The van der Waals surface area contributed by atoms with Gasteiger partial charge in [0.15, 0.2) is 11.6 Å². The molecule has 0 spiro atoms. The summed E-state index contributed by atoms with van der Waals surface area (Å²) in [5.74, 6) is 0.889. The number of rotatable bonds is 10. The van der Waals surface area contributed by atoms with Crippen molar-refractivity contribution in [3.05, 3.63) is 93.4 Å². The fourth-order valence-electron chi connectivity index (χ4n) is 4.56. The predicted octanol–water partition coefficient (Wildman–Crippen LogP) is 5.70. The maximum atomic E-state index is 14.3. The number of benzene rings is 3. The predicted molar refractivity (Wildman–Crippen MR) is 153 cm³/mol. The Hall–Kier alpha value is -5.64. The van der Waals surface area contributed by atoms with Crippen LogP contribution in [0.1, 0.15) is 29.2 Å². The summed E-state index contributed by atoms with van der Waals surface area (Å²) in [6.45, 7) is 0.603. The van der Waals surface area contributed by atoms with Gasteiger partial charge in [-0.2, -0.15) is 10.2 Å². The third-order valence-corrected chi connectivity index (χ3v) is 6.66. The Morgan fingerprint density at radius 3 is 2.79 bits per heavy atom. The second-order valence-electron chi connectivity index (χ2n) is 9.21. The number of aromatic nitrogens is 2. The third kappa shape index (κ3) is 5.92. The molecule has 2 heterocycles. The Balaban J connectivity index is 1.43. The van der Waals surface area contributed by atoms with Gasteiger partial charge >= 0.3 is 5.69 Å². The van der Waals surface area contributed by atoms with Crippen LogP contribution in [0.5, 0.6) is 17.2 Å². The SMILES string of the molecule is COc1ccc(CNc2ccc(C#N)cc2Nc2ncc([N+](=O)[O-])c(N[C@@H]3CCOc4c(F)cccc43)n2)c(OC)c1. The van der Waals surface area contributed by atoms with Crippen molar-refractivity contribution in [2.24, 2.45) is 0 Å². The van der Waals surface area contributed by atoms with E-state index in [1.165, 1.54) is 6.07 Å². The first-order valence-electron chi connectivity index (χ1n) is 12.8. The van der Waals surface area contributed by atoms with Crippen molar-refractivity contribution >= 4 is 28.8 Å². The number of fused-ring (bicyclic) bond motifs is 1. The summed E-state index contributed by atoms with van der Waals surface area (Å²) in [5.41, 5.74) is 2.52. The van der Waals surface area contributed by atoms with Crippen molar-refractivity contribution in [1.82, 2.24) is 9.97 Å². The van der Waals surface area contributed by atoms with Crippen molar-refractivity contribution in [1.29, 1.82) is 5.26 Å². The second kappa shape index (κ2) is 12.3. The molecule has 1 aliphatic rings. The van der Waals surface area contributed by atoms with Crippen LogP contribution in [0.4, 0.5) is 33.2 Å². The number of hydrogen-bond donors (Lipinski definition) is 3. The summed E-state index contributed by atoms with van der Waals surface area (Å²) in [5, 5.41) is 30.7. The lowest BCUT2D eigenvalue weighted by atomic mass is 10.0. The van der Waals surface area contributed by atoms with Crippen LogP contribution in [0, 0.1) is 27.3 Å². The molecule has 0 radical (unpaired) electrons. The van der Waals surface area contributed by atoms with Crippen LogP contribution in [0.3, 0.4) is 0 Å². The maximum Gasteiger partial charge on any atom is 0.329 e. The van der Waals surface area contributed by atoms with E-state index in [0.29, 0.717) is 47.0 Å². The first-order chi connectivity index (χ1) is 20.4. The van der Waals surface area contributed by atoms with Gasteiger partial charge in [-0.25, -0.2) is 9.37 Å². The van der Waals surface area contributed by atoms with E-state index >= 15 is 0 Å². The summed E-state index contributed by atoms with van der Waals surface area (Å²) < 4.78 is 30.5. The molecular weight excluding hydrogens is 545 g/mol. The number of ether oxygens (including phenoxy) is 3. The van der Waals surface area contributed by atoms with Gasteiger partial charge in [0.2, 0.25) is 11.8 Å². The van der Waals surface area contributed by atoms with E-state index in [2.05, 4.69) is 32.0 Å². The normalized spacial score (nSPS) is 13.6. The Kier molecular flexibility index (Phi) is 8.14. The minimum atomic E-state index is -0.594. The van der Waals surface area contributed by atoms with Gasteiger partial charge in [-0.1, -0.05) is 12.1 Å². The molecule has 0 amide bonds. The highest BCUT2D eigenvalue weighted by atomic mass is 19.1. The van der Waals surface area contributed by atoms with Gasteiger partial charge in [0.25, 0.3) is 0 Å². The standard InChI is InChI=1S/C29H26FN7O5/c1-40-19-8-7-18(26(13-19)41-2)15-32-23-9-6-17(14-31)12-24(23)35-29-33-16-25(37(38)39)28(36-29)34-22-10-11-42-27-20(22)4-3-5-21(27)30/h3-9,12-13,16,22,32H,10-11,15H2,1-2H3,(H2,33,34,35,36)/t22-/m1/s1. The zero-order chi connectivity index (χ0) is 29.6. The molecule has 4 aromatic rings. The first-order valence-corrected chi connectivity index (χ1v) is 12.8. The molecular formula is C29H26FN7O5. The fourth-order valence-corrected chi connectivity index (χ4v) is 4.56. The average Bonchev–Trinajstić information content (AvgIpc) is 3.00. The first kappa shape index (κ1) is 27.9. The van der Waals surface area contributed by atoms with Crippen LogP contribution in [0.25, 0.3) is 0 Å². The lowest BCUT2D eigenvalue weighted by Crippen LogP contribution is -2.22. The Bertz CT molecular complexity index is 1680. The van der Waals surface area contributed by atoms with Crippen molar-refractivity contribution in [3.63, 3.8) is 0 Å². The van der Waals surface area contributed by atoms with Gasteiger partial charge in [0.05, 0.1) is 54.8 Å². The molecule has 1 aromatic heterocycles. The number of para-hydroxylation sites is 1. The van der Waals surface area contributed by atoms with Crippen LogP contribution in [0.15, 0.2) is 60.8 Å². The monoisotopic (exact) mass is 571 g/mol. The quantitative estimate of drug-likeness (QED) is 0.158. The van der Waals surface area contributed by atoms with Gasteiger partial charge in [-0.15, -0.1) is 0 Å². The number of nitriles is 1. The number of methoxy groups -OCH3 is 2. The van der Waals surface area contributed by atoms with Gasteiger partial charge in [-0.3, -0.25) is 10.1 Å². The second-order valence-corrected chi connectivity index (χ2v) is 9.21. The van der Waals surface area contributed by atoms with Gasteiger partial charge in [0.1, 0.15) is 17.7 Å². The highest BCUT2D eigenvalue weighted by molar-refractivity contribution is 5.75. The zero-order valence-corrected chi connectivity index (χ0v) is 22.7. The van der Waals surface area contributed by atoms with E-state index in [1.54, 1.807) is 50.6 Å². The number of halogens is 1.